The van der Waals surface area contributed by atoms with Gasteiger partial charge in [-0.25, -0.2) is 0 Å². The topological polar surface area (TPSA) is 57.5 Å². The molecule has 142 valence electrons. The third kappa shape index (κ3) is 7.18. The van der Waals surface area contributed by atoms with E-state index in [1.54, 1.807) is 0 Å². The predicted molar refractivity (Wildman–Crippen MR) is 106 cm³/mol. The molecule has 1 saturated carbocycles. The molecule has 3 nitrogen and oxygen atoms in total. The van der Waals surface area contributed by atoms with E-state index in [2.05, 4.69) is 36.9 Å². The maximum Gasteiger partial charge on any atom is 0.303 e. The van der Waals surface area contributed by atoms with Crippen molar-refractivity contribution < 1.29 is 15.0 Å². The third-order valence-corrected chi connectivity index (χ3v) is 7.11. The van der Waals surface area contributed by atoms with Crippen LogP contribution in [0.1, 0.15) is 71.1 Å². The summed E-state index contributed by atoms with van der Waals surface area (Å²) in [6.45, 7) is 2.19. The normalized spacial score (nSPS) is 29.8. The molecule has 0 radical (unpaired) electrons. The Morgan fingerprint density at radius 2 is 2.04 bits per heavy atom. The molecule has 2 N–H and O–H groups in total. The van der Waals surface area contributed by atoms with Crippen LogP contribution in [0.2, 0.25) is 0 Å². The SMILES string of the molecule is CCCCC[C@H](O)C=CC1C[C@H]2C[C@H](S2)[C@H]1CC=CCCCC(=O)O. The predicted octanol–water partition coefficient (Wildman–Crippen LogP) is 5.20. The van der Waals surface area contributed by atoms with E-state index >= 15 is 0 Å². The number of thioether (sulfide) groups is 1. The Morgan fingerprint density at radius 1 is 1.24 bits per heavy atom. The van der Waals surface area contributed by atoms with Crippen LogP contribution >= 0.6 is 11.8 Å². The van der Waals surface area contributed by atoms with Gasteiger partial charge in [0, 0.05) is 16.9 Å². The van der Waals surface area contributed by atoms with Crippen molar-refractivity contribution in [1.82, 2.24) is 0 Å². The van der Waals surface area contributed by atoms with Crippen molar-refractivity contribution in [2.45, 2.75) is 87.7 Å². The number of carbonyl (C=O) groups is 1. The van der Waals surface area contributed by atoms with Crippen LogP contribution in [0.3, 0.4) is 0 Å². The van der Waals surface area contributed by atoms with Gasteiger partial charge in [-0.2, -0.15) is 11.8 Å². The van der Waals surface area contributed by atoms with Gasteiger partial charge in [-0.3, -0.25) is 4.79 Å². The maximum absolute atomic E-state index is 10.5. The van der Waals surface area contributed by atoms with Crippen molar-refractivity contribution >= 4 is 17.7 Å². The van der Waals surface area contributed by atoms with E-state index in [0.717, 1.165) is 42.6 Å². The van der Waals surface area contributed by atoms with Crippen molar-refractivity contribution in [3.63, 3.8) is 0 Å². The van der Waals surface area contributed by atoms with Crippen LogP contribution in [0.5, 0.6) is 0 Å². The van der Waals surface area contributed by atoms with E-state index in [1.165, 1.54) is 25.7 Å². The van der Waals surface area contributed by atoms with Gasteiger partial charge in [0.2, 0.25) is 0 Å². The quantitative estimate of drug-likeness (QED) is 0.368. The summed E-state index contributed by atoms with van der Waals surface area (Å²) in [5.74, 6) is 0.555. The highest BCUT2D eigenvalue weighted by atomic mass is 32.2. The molecule has 3 rings (SSSR count). The summed E-state index contributed by atoms with van der Waals surface area (Å²) in [6.07, 6.45) is 18.4. The average Bonchev–Trinajstić information content (AvgIpc) is 2.55. The summed E-state index contributed by atoms with van der Waals surface area (Å²) in [5, 5.41) is 20.4. The molecular formula is C21H34O3S. The summed E-state index contributed by atoms with van der Waals surface area (Å²) in [7, 11) is 0. The molecular weight excluding hydrogens is 332 g/mol. The van der Waals surface area contributed by atoms with Crippen molar-refractivity contribution in [3.8, 4) is 0 Å². The summed E-state index contributed by atoms with van der Waals surface area (Å²) in [5.41, 5.74) is 0. The van der Waals surface area contributed by atoms with Gasteiger partial charge in [0.05, 0.1) is 6.10 Å². The van der Waals surface area contributed by atoms with E-state index in [4.69, 9.17) is 5.11 Å². The molecule has 0 amide bonds. The van der Waals surface area contributed by atoms with Crippen molar-refractivity contribution in [1.29, 1.82) is 0 Å². The zero-order chi connectivity index (χ0) is 18.1. The minimum atomic E-state index is -0.708. The smallest absolute Gasteiger partial charge is 0.303 e. The first kappa shape index (κ1) is 20.6. The lowest BCUT2D eigenvalue weighted by atomic mass is 9.75. The van der Waals surface area contributed by atoms with Gasteiger partial charge in [-0.1, -0.05) is 50.5 Å². The molecule has 2 heterocycles. The van der Waals surface area contributed by atoms with E-state index in [-0.39, 0.29) is 12.5 Å². The molecule has 3 aliphatic rings. The lowest BCUT2D eigenvalue weighted by Crippen LogP contribution is -2.44. The number of hydrogen-bond donors (Lipinski definition) is 2. The molecule has 25 heavy (non-hydrogen) atoms. The minimum Gasteiger partial charge on any atom is -0.481 e. The number of aliphatic hydroxyl groups is 1. The Hall–Kier alpha value is -0.740. The standard InChI is InChI=1S/C21H34O3S/c1-2-3-6-9-17(22)13-12-16-14-18-15-20(25-18)19(16)10-7-4-5-8-11-21(23)24/h4,7,12-13,16-20,22H,2-3,5-6,8-11,14-15H2,1H3,(H,23,24)/t16?,17-,18-,19-,20-/m0/s1. The van der Waals surface area contributed by atoms with Crippen LogP contribution in [0.25, 0.3) is 0 Å². The fraction of sp³-hybridized carbons (Fsp3) is 0.762. The van der Waals surface area contributed by atoms with Crippen molar-refractivity contribution in [3.05, 3.63) is 24.3 Å². The molecule has 0 spiro atoms. The summed E-state index contributed by atoms with van der Waals surface area (Å²) in [6, 6.07) is 0. The Kier molecular flexibility index (Phi) is 9.11. The van der Waals surface area contributed by atoms with E-state index < -0.39 is 5.97 Å². The lowest BCUT2D eigenvalue weighted by molar-refractivity contribution is -0.137. The molecule has 5 atom stereocenters. The number of fused-ring (bicyclic) bond motifs is 2. The second-order valence-corrected chi connectivity index (χ2v) is 9.08. The molecule has 0 aromatic carbocycles. The molecule has 0 aromatic rings. The van der Waals surface area contributed by atoms with Gasteiger partial charge < -0.3 is 10.2 Å². The van der Waals surface area contributed by atoms with Gasteiger partial charge in [-0.15, -0.1) is 0 Å². The van der Waals surface area contributed by atoms with Crippen LogP contribution in [0.4, 0.5) is 0 Å². The van der Waals surface area contributed by atoms with Crippen LogP contribution in [0.15, 0.2) is 24.3 Å². The van der Waals surface area contributed by atoms with Crippen LogP contribution < -0.4 is 0 Å². The summed E-state index contributed by atoms with van der Waals surface area (Å²) in [4.78, 5) is 10.5. The number of aliphatic hydroxyl groups excluding tert-OH is 1. The monoisotopic (exact) mass is 366 g/mol. The van der Waals surface area contributed by atoms with Crippen LogP contribution in [0, 0.1) is 11.8 Å². The van der Waals surface area contributed by atoms with Gasteiger partial charge in [0.25, 0.3) is 0 Å². The molecule has 2 saturated heterocycles. The van der Waals surface area contributed by atoms with E-state index in [9.17, 15) is 9.90 Å². The Bertz CT molecular complexity index is 454. The Labute approximate surface area is 157 Å². The first-order chi connectivity index (χ1) is 12.1. The number of hydrogen-bond acceptors (Lipinski definition) is 3. The van der Waals surface area contributed by atoms with Gasteiger partial charge in [0.1, 0.15) is 0 Å². The fourth-order valence-electron chi connectivity index (χ4n) is 3.94. The Balaban J connectivity index is 1.76. The third-order valence-electron chi connectivity index (χ3n) is 5.45. The van der Waals surface area contributed by atoms with Crippen LogP contribution in [-0.2, 0) is 4.79 Å². The number of rotatable bonds is 12. The first-order valence-corrected chi connectivity index (χ1v) is 10.9. The summed E-state index contributed by atoms with van der Waals surface area (Å²) >= 11 is 2.14. The van der Waals surface area contributed by atoms with E-state index in [1.807, 2.05) is 6.08 Å². The number of carboxylic acid groups (broad SMARTS) is 1. The van der Waals surface area contributed by atoms with Crippen LogP contribution in [-0.4, -0.2) is 32.8 Å². The molecule has 0 aromatic heterocycles. The highest BCUT2D eigenvalue weighted by Gasteiger charge is 2.44. The molecule has 1 aliphatic carbocycles. The highest BCUT2D eigenvalue weighted by molar-refractivity contribution is 8.01. The number of unbranched alkanes of at least 4 members (excludes halogenated alkanes) is 3. The largest absolute Gasteiger partial charge is 0.481 e. The van der Waals surface area contributed by atoms with Crippen molar-refractivity contribution in [2.75, 3.05) is 0 Å². The fourth-order valence-corrected chi connectivity index (χ4v) is 5.58. The first-order valence-electron chi connectivity index (χ1n) is 9.98. The number of allylic oxidation sites excluding steroid dienone is 3. The van der Waals surface area contributed by atoms with Crippen molar-refractivity contribution in [2.24, 2.45) is 11.8 Å². The molecule has 2 bridgehead atoms. The number of aliphatic carboxylic acids is 1. The zero-order valence-corrected chi connectivity index (χ0v) is 16.3. The van der Waals surface area contributed by atoms with Gasteiger partial charge in [-0.05, 0) is 50.4 Å². The average molecular weight is 367 g/mol. The Morgan fingerprint density at radius 3 is 2.76 bits per heavy atom. The second kappa shape index (κ2) is 11.1. The van der Waals surface area contributed by atoms with E-state index in [0.29, 0.717) is 11.8 Å². The van der Waals surface area contributed by atoms with Gasteiger partial charge >= 0.3 is 5.97 Å². The zero-order valence-electron chi connectivity index (χ0n) is 15.5. The van der Waals surface area contributed by atoms with Gasteiger partial charge in [0.15, 0.2) is 0 Å². The minimum absolute atomic E-state index is 0.259. The second-order valence-electron chi connectivity index (χ2n) is 7.54. The molecule has 4 heteroatoms. The number of carboxylic acids is 1. The lowest BCUT2D eigenvalue weighted by Gasteiger charge is -2.49. The molecule has 1 unspecified atom stereocenters. The summed E-state index contributed by atoms with van der Waals surface area (Å²) < 4.78 is 0. The molecule has 3 fully saturated rings. The molecule has 2 aliphatic heterocycles. The maximum atomic E-state index is 10.5. The highest BCUT2D eigenvalue weighted by Crippen LogP contribution is 2.54.